The summed E-state index contributed by atoms with van der Waals surface area (Å²) < 4.78 is 16.5. The number of nitrogens with two attached hydrogens (primary N) is 1. The molecule has 0 saturated heterocycles. The second-order valence-corrected chi connectivity index (χ2v) is 9.51. The molecule has 0 fully saturated rings. The van der Waals surface area contributed by atoms with Crippen molar-refractivity contribution in [1.82, 2.24) is 5.32 Å². The van der Waals surface area contributed by atoms with Crippen LogP contribution in [0.4, 0.5) is 0 Å². The fourth-order valence-electron chi connectivity index (χ4n) is 4.50. The molecule has 37 heavy (non-hydrogen) atoms. The van der Waals surface area contributed by atoms with Crippen molar-refractivity contribution in [2.75, 3.05) is 20.3 Å². The minimum absolute atomic E-state index is 0.0808. The summed E-state index contributed by atoms with van der Waals surface area (Å²) in [4.78, 5) is 23.5. The van der Waals surface area contributed by atoms with Crippen LogP contribution in [-0.4, -0.2) is 54.6 Å². The van der Waals surface area contributed by atoms with Gasteiger partial charge >= 0.3 is 11.9 Å². The number of carbonyl (C=O) groups is 2. The number of aliphatic hydroxyl groups excluding tert-OH is 1. The number of dihydropyridines is 1. The number of phenolic OH excluding ortho intramolecular Hbond substituents is 1. The minimum atomic E-state index is -0.464. The predicted octanol–water partition coefficient (Wildman–Crippen LogP) is 3.26. The first kappa shape index (κ1) is 30.0. The number of aliphatic hydroxyl groups is 1. The van der Waals surface area contributed by atoms with Crippen LogP contribution in [0.15, 0.2) is 35.7 Å². The number of benzene rings is 1. The zero-order chi connectivity index (χ0) is 27.4. The summed E-state index contributed by atoms with van der Waals surface area (Å²) >= 11 is 0. The van der Waals surface area contributed by atoms with Crippen molar-refractivity contribution >= 4 is 11.9 Å². The molecule has 0 aliphatic carbocycles. The van der Waals surface area contributed by atoms with Gasteiger partial charge in [-0.25, -0.2) is 0 Å². The number of nitrogens with one attached hydrogen (secondary N) is 1. The number of aryl methyl sites for hydroxylation is 1. The van der Waals surface area contributed by atoms with Crippen LogP contribution < -0.4 is 15.8 Å². The van der Waals surface area contributed by atoms with Gasteiger partial charge in [-0.05, 0) is 54.9 Å². The van der Waals surface area contributed by atoms with Crippen molar-refractivity contribution in [2.45, 2.75) is 77.9 Å². The number of phenols is 1. The largest absolute Gasteiger partial charge is 0.504 e. The number of carbonyl (C=O) groups excluding carboxylic acids is 2. The van der Waals surface area contributed by atoms with E-state index in [1.54, 1.807) is 6.07 Å². The van der Waals surface area contributed by atoms with Crippen LogP contribution in [0.5, 0.6) is 11.5 Å². The zero-order valence-corrected chi connectivity index (χ0v) is 22.4. The first-order valence-electron chi connectivity index (χ1n) is 12.9. The standard InChI is InChI=1S/C28H42N2O7/c1-5-20(17-31)6-8-24(36-18(2)32)16-25(37-19(3)33)9-7-21-12-23(28(34)26(14-21)35-4)13-22-10-11-30-27(29)15-22/h10,12,14-15,20,24-25,30-31,34H,5-9,11,13,16-17,29H2,1-4H3. The fourth-order valence-corrected chi connectivity index (χ4v) is 4.50. The van der Waals surface area contributed by atoms with Crippen LogP contribution in [0.3, 0.4) is 0 Å². The Morgan fingerprint density at radius 1 is 1.11 bits per heavy atom. The quantitative estimate of drug-likeness (QED) is 0.258. The topological polar surface area (TPSA) is 140 Å². The number of methoxy groups -OCH3 is 1. The summed E-state index contributed by atoms with van der Waals surface area (Å²) in [7, 11) is 1.51. The molecule has 206 valence electrons. The highest BCUT2D eigenvalue weighted by Crippen LogP contribution is 2.34. The Balaban J connectivity index is 2.17. The summed E-state index contributed by atoms with van der Waals surface area (Å²) in [5, 5.41) is 23.2. The summed E-state index contributed by atoms with van der Waals surface area (Å²) in [6.07, 6.45) is 7.01. The Kier molecular flexibility index (Phi) is 12.3. The van der Waals surface area contributed by atoms with E-state index in [1.807, 2.05) is 25.1 Å². The molecule has 0 spiro atoms. The third kappa shape index (κ3) is 10.4. The molecule has 1 aromatic carbocycles. The Morgan fingerprint density at radius 3 is 2.35 bits per heavy atom. The Morgan fingerprint density at radius 2 is 1.78 bits per heavy atom. The third-order valence-corrected chi connectivity index (χ3v) is 6.52. The highest BCUT2D eigenvalue weighted by Gasteiger charge is 2.23. The average molecular weight is 519 g/mol. The maximum absolute atomic E-state index is 11.8. The lowest BCUT2D eigenvalue weighted by atomic mass is 9.94. The lowest BCUT2D eigenvalue weighted by Crippen LogP contribution is -2.27. The van der Waals surface area contributed by atoms with Gasteiger partial charge in [-0.15, -0.1) is 0 Å². The van der Waals surface area contributed by atoms with Gasteiger partial charge in [0.2, 0.25) is 0 Å². The van der Waals surface area contributed by atoms with Crippen molar-refractivity contribution in [2.24, 2.45) is 11.7 Å². The van der Waals surface area contributed by atoms with Gasteiger partial charge in [-0.3, -0.25) is 9.59 Å². The van der Waals surface area contributed by atoms with Gasteiger partial charge < -0.3 is 35.5 Å². The second-order valence-electron chi connectivity index (χ2n) is 9.51. The lowest BCUT2D eigenvalue weighted by molar-refractivity contribution is -0.153. The molecule has 9 nitrogen and oxygen atoms in total. The molecule has 1 aliphatic heterocycles. The summed E-state index contributed by atoms with van der Waals surface area (Å²) in [6.45, 7) is 5.44. The number of hydrogen-bond acceptors (Lipinski definition) is 9. The average Bonchev–Trinajstić information content (AvgIpc) is 2.84. The Labute approximate surface area is 219 Å². The lowest BCUT2D eigenvalue weighted by Gasteiger charge is -2.25. The molecule has 0 radical (unpaired) electrons. The van der Waals surface area contributed by atoms with Gasteiger partial charge in [-0.2, -0.15) is 0 Å². The highest BCUT2D eigenvalue weighted by molar-refractivity contribution is 5.66. The molecule has 1 aromatic rings. The SMILES string of the molecule is CCC(CO)CCC(CC(CCc1cc(CC2=CCNC(N)=C2)c(O)c(OC)c1)OC(C)=O)OC(C)=O. The van der Waals surface area contributed by atoms with Crippen LogP contribution in [0.2, 0.25) is 0 Å². The van der Waals surface area contributed by atoms with Gasteiger partial charge in [0.1, 0.15) is 12.2 Å². The van der Waals surface area contributed by atoms with Crippen LogP contribution in [0, 0.1) is 5.92 Å². The van der Waals surface area contributed by atoms with E-state index >= 15 is 0 Å². The third-order valence-electron chi connectivity index (χ3n) is 6.52. The van der Waals surface area contributed by atoms with Crippen molar-refractivity contribution in [3.63, 3.8) is 0 Å². The number of hydrogen-bond donors (Lipinski definition) is 4. The maximum Gasteiger partial charge on any atom is 0.302 e. The van der Waals surface area contributed by atoms with Gasteiger partial charge in [0.05, 0.1) is 12.9 Å². The molecule has 0 aromatic heterocycles. The minimum Gasteiger partial charge on any atom is -0.504 e. The maximum atomic E-state index is 11.8. The van der Waals surface area contributed by atoms with Gasteiger partial charge in [0, 0.05) is 45.4 Å². The molecule has 1 aliphatic rings. The zero-order valence-electron chi connectivity index (χ0n) is 22.4. The van der Waals surface area contributed by atoms with E-state index in [1.165, 1.54) is 21.0 Å². The highest BCUT2D eigenvalue weighted by atomic mass is 16.6. The van der Waals surface area contributed by atoms with Crippen LogP contribution in [0.1, 0.15) is 64.0 Å². The number of allylic oxidation sites excluding steroid dienone is 2. The summed E-state index contributed by atoms with van der Waals surface area (Å²) in [5.41, 5.74) is 8.50. The molecule has 2 rings (SSSR count). The van der Waals surface area contributed by atoms with Gasteiger partial charge in [-0.1, -0.05) is 25.5 Å². The number of aromatic hydroxyl groups is 1. The molecule has 0 saturated carbocycles. The van der Waals surface area contributed by atoms with Gasteiger partial charge in [0.25, 0.3) is 0 Å². The van der Waals surface area contributed by atoms with Crippen LogP contribution >= 0.6 is 0 Å². The van der Waals surface area contributed by atoms with Crippen molar-refractivity contribution in [3.05, 3.63) is 46.8 Å². The molecule has 3 unspecified atom stereocenters. The van der Waals surface area contributed by atoms with Crippen LogP contribution in [-0.2, 0) is 31.9 Å². The predicted molar refractivity (Wildman–Crippen MR) is 141 cm³/mol. The van der Waals surface area contributed by atoms with E-state index in [0.717, 1.165) is 17.6 Å². The fraction of sp³-hybridized carbons (Fsp3) is 0.571. The number of ether oxygens (including phenoxy) is 3. The normalized spacial score (nSPS) is 15.5. The van der Waals surface area contributed by atoms with E-state index in [2.05, 4.69) is 5.32 Å². The van der Waals surface area contributed by atoms with E-state index in [-0.39, 0.29) is 18.3 Å². The van der Waals surface area contributed by atoms with Crippen molar-refractivity contribution in [3.8, 4) is 11.5 Å². The molecule has 1 heterocycles. The number of rotatable bonds is 15. The van der Waals surface area contributed by atoms with E-state index in [4.69, 9.17) is 19.9 Å². The molecular formula is C28H42N2O7. The Bertz CT molecular complexity index is 970. The second kappa shape index (κ2) is 15.1. The van der Waals surface area contributed by atoms with Gasteiger partial charge in [0.15, 0.2) is 11.5 Å². The molecular weight excluding hydrogens is 476 g/mol. The molecule has 5 N–H and O–H groups in total. The monoisotopic (exact) mass is 518 g/mol. The van der Waals surface area contributed by atoms with Crippen molar-refractivity contribution < 1.29 is 34.0 Å². The van der Waals surface area contributed by atoms with E-state index in [0.29, 0.717) is 62.2 Å². The summed E-state index contributed by atoms with van der Waals surface area (Å²) in [5.74, 6) is 0.371. The van der Waals surface area contributed by atoms with E-state index in [9.17, 15) is 19.8 Å². The number of esters is 2. The smallest absolute Gasteiger partial charge is 0.302 e. The van der Waals surface area contributed by atoms with Crippen molar-refractivity contribution in [1.29, 1.82) is 0 Å². The molecule has 3 atom stereocenters. The first-order chi connectivity index (χ1) is 17.6. The Hall–Kier alpha value is -3.20. The first-order valence-corrected chi connectivity index (χ1v) is 12.9. The van der Waals surface area contributed by atoms with Crippen LogP contribution in [0.25, 0.3) is 0 Å². The molecule has 0 amide bonds. The molecule has 0 bridgehead atoms. The van der Waals surface area contributed by atoms with E-state index < -0.39 is 24.1 Å². The summed E-state index contributed by atoms with van der Waals surface area (Å²) in [6, 6.07) is 3.70. The molecule has 9 heteroatoms.